The Morgan fingerprint density at radius 2 is 1.83 bits per heavy atom. The third-order valence-corrected chi connectivity index (χ3v) is 5.22. The van der Waals surface area contributed by atoms with E-state index in [1.165, 1.54) is 45.2 Å². The molecule has 0 saturated carbocycles. The molecule has 0 radical (unpaired) electrons. The maximum atomic E-state index is 3.72. The Labute approximate surface area is 115 Å². The zero-order valence-electron chi connectivity index (χ0n) is 13.3. The van der Waals surface area contributed by atoms with Crippen molar-refractivity contribution < 1.29 is 0 Å². The lowest BCUT2D eigenvalue weighted by molar-refractivity contribution is 0.169. The summed E-state index contributed by atoms with van der Waals surface area (Å²) in [5.74, 6) is 0. The SMILES string of the molecule is CCCNC(CC)C(C)N1CCC(CC)(CC)C1. The molecule has 0 aliphatic carbocycles. The van der Waals surface area contributed by atoms with E-state index < -0.39 is 0 Å². The predicted octanol–water partition coefficient (Wildman–Crippen LogP) is 3.67. The molecule has 0 aromatic carbocycles. The monoisotopic (exact) mass is 254 g/mol. The Balaban J connectivity index is 2.54. The van der Waals surface area contributed by atoms with E-state index in [0.717, 1.165) is 6.54 Å². The number of hydrogen-bond donors (Lipinski definition) is 1. The zero-order valence-corrected chi connectivity index (χ0v) is 13.3. The fourth-order valence-electron chi connectivity index (χ4n) is 3.38. The van der Waals surface area contributed by atoms with Gasteiger partial charge in [-0.05, 0) is 57.5 Å². The summed E-state index contributed by atoms with van der Waals surface area (Å²) >= 11 is 0. The van der Waals surface area contributed by atoms with Gasteiger partial charge < -0.3 is 5.32 Å². The van der Waals surface area contributed by atoms with Crippen LogP contribution in [0.1, 0.15) is 66.7 Å². The Morgan fingerprint density at radius 1 is 1.17 bits per heavy atom. The van der Waals surface area contributed by atoms with Crippen LogP contribution in [0.5, 0.6) is 0 Å². The standard InChI is InChI=1S/C16H34N2/c1-6-11-17-15(7-2)14(5)18-12-10-16(8-3,9-4)13-18/h14-15,17H,6-13H2,1-5H3. The molecule has 0 spiro atoms. The number of hydrogen-bond acceptors (Lipinski definition) is 2. The largest absolute Gasteiger partial charge is 0.312 e. The summed E-state index contributed by atoms with van der Waals surface area (Å²) < 4.78 is 0. The number of rotatable bonds is 8. The second kappa shape index (κ2) is 7.49. The van der Waals surface area contributed by atoms with Crippen LogP contribution >= 0.6 is 0 Å². The molecule has 1 rings (SSSR count). The average molecular weight is 254 g/mol. The first kappa shape index (κ1) is 16.0. The Hall–Kier alpha value is -0.0800. The van der Waals surface area contributed by atoms with E-state index in [9.17, 15) is 0 Å². The van der Waals surface area contributed by atoms with Crippen LogP contribution in [0.4, 0.5) is 0 Å². The first-order chi connectivity index (χ1) is 8.62. The van der Waals surface area contributed by atoms with Crippen LogP contribution in [0.25, 0.3) is 0 Å². The van der Waals surface area contributed by atoms with E-state index in [4.69, 9.17) is 0 Å². The summed E-state index contributed by atoms with van der Waals surface area (Å²) in [6.45, 7) is 15.5. The van der Waals surface area contributed by atoms with Crippen molar-refractivity contribution in [3.8, 4) is 0 Å². The number of nitrogens with zero attached hydrogens (tertiary/aromatic N) is 1. The molecule has 2 nitrogen and oxygen atoms in total. The van der Waals surface area contributed by atoms with Crippen LogP contribution in [0.3, 0.4) is 0 Å². The molecule has 1 saturated heterocycles. The van der Waals surface area contributed by atoms with E-state index in [1.807, 2.05) is 0 Å². The van der Waals surface area contributed by atoms with E-state index in [1.54, 1.807) is 0 Å². The van der Waals surface area contributed by atoms with Gasteiger partial charge in [0.1, 0.15) is 0 Å². The first-order valence-electron chi connectivity index (χ1n) is 8.09. The minimum absolute atomic E-state index is 0.608. The highest BCUT2D eigenvalue weighted by molar-refractivity contribution is 4.92. The van der Waals surface area contributed by atoms with Crippen molar-refractivity contribution in [2.75, 3.05) is 19.6 Å². The lowest BCUT2D eigenvalue weighted by Crippen LogP contribution is -2.48. The number of nitrogens with one attached hydrogen (secondary N) is 1. The quantitative estimate of drug-likeness (QED) is 0.711. The van der Waals surface area contributed by atoms with Crippen molar-refractivity contribution in [1.82, 2.24) is 10.2 Å². The summed E-state index contributed by atoms with van der Waals surface area (Å²) in [7, 11) is 0. The topological polar surface area (TPSA) is 15.3 Å². The molecule has 1 heterocycles. The van der Waals surface area contributed by atoms with Crippen LogP contribution in [0, 0.1) is 5.41 Å². The second-order valence-corrected chi connectivity index (χ2v) is 6.14. The van der Waals surface area contributed by atoms with Crippen LogP contribution < -0.4 is 5.32 Å². The van der Waals surface area contributed by atoms with Crippen molar-refractivity contribution in [3.05, 3.63) is 0 Å². The third-order valence-electron chi connectivity index (χ3n) is 5.22. The highest BCUT2D eigenvalue weighted by atomic mass is 15.2. The fraction of sp³-hybridized carbons (Fsp3) is 1.00. The van der Waals surface area contributed by atoms with Gasteiger partial charge in [0.25, 0.3) is 0 Å². The van der Waals surface area contributed by atoms with Crippen molar-refractivity contribution in [2.24, 2.45) is 5.41 Å². The Kier molecular flexibility index (Phi) is 6.65. The molecule has 2 atom stereocenters. The van der Waals surface area contributed by atoms with Crippen molar-refractivity contribution in [3.63, 3.8) is 0 Å². The summed E-state index contributed by atoms with van der Waals surface area (Å²) in [4.78, 5) is 2.73. The van der Waals surface area contributed by atoms with E-state index >= 15 is 0 Å². The van der Waals surface area contributed by atoms with Crippen molar-refractivity contribution >= 4 is 0 Å². The van der Waals surface area contributed by atoms with Crippen LogP contribution in [0.15, 0.2) is 0 Å². The summed E-state index contributed by atoms with van der Waals surface area (Å²) in [5, 5.41) is 3.72. The second-order valence-electron chi connectivity index (χ2n) is 6.14. The molecule has 0 aromatic heterocycles. The van der Waals surface area contributed by atoms with Gasteiger partial charge in [-0.1, -0.05) is 27.7 Å². The van der Waals surface area contributed by atoms with Crippen molar-refractivity contribution in [1.29, 1.82) is 0 Å². The highest BCUT2D eigenvalue weighted by Gasteiger charge is 2.37. The van der Waals surface area contributed by atoms with E-state index in [0.29, 0.717) is 17.5 Å². The minimum Gasteiger partial charge on any atom is -0.312 e. The van der Waals surface area contributed by atoms with Gasteiger partial charge >= 0.3 is 0 Å². The van der Waals surface area contributed by atoms with Gasteiger partial charge in [-0.15, -0.1) is 0 Å². The average Bonchev–Trinajstić information content (AvgIpc) is 2.84. The van der Waals surface area contributed by atoms with Crippen LogP contribution in [0.2, 0.25) is 0 Å². The molecule has 18 heavy (non-hydrogen) atoms. The number of likely N-dealkylation sites (tertiary alicyclic amines) is 1. The van der Waals surface area contributed by atoms with Gasteiger partial charge in [-0.2, -0.15) is 0 Å². The predicted molar refractivity (Wildman–Crippen MR) is 81.0 cm³/mol. The molecule has 108 valence electrons. The van der Waals surface area contributed by atoms with Crippen molar-refractivity contribution in [2.45, 2.75) is 78.8 Å². The Bertz CT molecular complexity index is 223. The normalized spacial score (nSPS) is 23.2. The van der Waals surface area contributed by atoms with Gasteiger partial charge in [0.2, 0.25) is 0 Å². The summed E-state index contributed by atoms with van der Waals surface area (Å²) in [5.41, 5.74) is 0.608. The van der Waals surface area contributed by atoms with Gasteiger partial charge in [-0.3, -0.25) is 4.90 Å². The molecule has 1 fully saturated rings. The fourth-order valence-corrected chi connectivity index (χ4v) is 3.38. The molecule has 0 amide bonds. The summed E-state index contributed by atoms with van der Waals surface area (Å²) in [6.07, 6.45) is 6.55. The van der Waals surface area contributed by atoms with E-state index in [2.05, 4.69) is 44.8 Å². The molecular formula is C16H34N2. The molecule has 1 aliphatic heterocycles. The Morgan fingerprint density at radius 3 is 2.28 bits per heavy atom. The van der Waals surface area contributed by atoms with E-state index in [-0.39, 0.29) is 0 Å². The maximum Gasteiger partial charge on any atom is 0.0221 e. The van der Waals surface area contributed by atoms with Gasteiger partial charge in [0.05, 0.1) is 0 Å². The van der Waals surface area contributed by atoms with Gasteiger partial charge in [-0.25, -0.2) is 0 Å². The first-order valence-corrected chi connectivity index (χ1v) is 8.09. The molecular weight excluding hydrogens is 220 g/mol. The maximum absolute atomic E-state index is 3.72. The highest BCUT2D eigenvalue weighted by Crippen LogP contribution is 2.38. The third kappa shape index (κ3) is 3.71. The zero-order chi connectivity index (χ0) is 13.6. The van der Waals surface area contributed by atoms with Crippen LogP contribution in [-0.2, 0) is 0 Å². The molecule has 0 bridgehead atoms. The molecule has 0 aromatic rings. The summed E-state index contributed by atoms with van der Waals surface area (Å²) in [6, 6.07) is 1.34. The molecule has 2 heteroatoms. The van der Waals surface area contributed by atoms with Gasteiger partial charge in [0.15, 0.2) is 0 Å². The molecule has 1 N–H and O–H groups in total. The smallest absolute Gasteiger partial charge is 0.0221 e. The lowest BCUT2D eigenvalue weighted by Gasteiger charge is -2.34. The minimum atomic E-state index is 0.608. The lowest BCUT2D eigenvalue weighted by atomic mass is 9.82. The van der Waals surface area contributed by atoms with Crippen LogP contribution in [-0.4, -0.2) is 36.6 Å². The molecule has 2 unspecified atom stereocenters. The van der Waals surface area contributed by atoms with Gasteiger partial charge in [0, 0.05) is 18.6 Å². The molecule has 1 aliphatic rings.